The maximum Gasteiger partial charge on any atom is 0.294 e. The van der Waals surface area contributed by atoms with Crippen LogP contribution in [0.5, 0.6) is 6.01 Å². The second-order valence-corrected chi connectivity index (χ2v) is 7.17. The van der Waals surface area contributed by atoms with Crippen LogP contribution in [0.3, 0.4) is 0 Å². The number of aromatic amines is 1. The molecule has 0 atom stereocenters. The third-order valence-electron chi connectivity index (χ3n) is 4.03. The number of aryl methyl sites for hydroxylation is 1. The van der Waals surface area contributed by atoms with Crippen molar-refractivity contribution in [2.24, 2.45) is 0 Å². The van der Waals surface area contributed by atoms with Gasteiger partial charge in [-0.1, -0.05) is 12.1 Å². The van der Waals surface area contributed by atoms with Crippen molar-refractivity contribution in [1.29, 1.82) is 0 Å². The average Bonchev–Trinajstić information content (AvgIpc) is 3.05. The fourth-order valence-corrected chi connectivity index (χ4v) is 3.36. The van der Waals surface area contributed by atoms with Gasteiger partial charge in [-0.3, -0.25) is 9.97 Å². The van der Waals surface area contributed by atoms with Crippen molar-refractivity contribution in [3.8, 4) is 28.7 Å². The smallest absolute Gasteiger partial charge is 0.294 e. The van der Waals surface area contributed by atoms with E-state index in [-0.39, 0.29) is 0 Å². The molecule has 0 radical (unpaired) electrons. The molecule has 0 bridgehead atoms. The lowest BCUT2D eigenvalue weighted by molar-refractivity contribution is 0.316. The van der Waals surface area contributed by atoms with Gasteiger partial charge in [0.05, 0.1) is 23.5 Å². The molecule has 4 rings (SSSR count). The van der Waals surface area contributed by atoms with E-state index in [1.165, 1.54) is 0 Å². The van der Waals surface area contributed by atoms with Gasteiger partial charge in [0.2, 0.25) is 0 Å². The summed E-state index contributed by atoms with van der Waals surface area (Å²) < 4.78 is 6.70. The van der Waals surface area contributed by atoms with Crippen molar-refractivity contribution in [3.05, 3.63) is 57.9 Å². The highest BCUT2D eigenvalue weighted by Crippen LogP contribution is 2.33. The number of rotatable bonds is 4. The van der Waals surface area contributed by atoms with Crippen LogP contribution in [0.25, 0.3) is 33.5 Å². The number of benzene rings is 1. The molecule has 0 spiro atoms. The Morgan fingerprint density at radius 3 is 2.81 bits per heavy atom. The lowest BCUT2D eigenvalue weighted by Crippen LogP contribution is -1.92. The SMILES string of the molecule is CCOc1nc(-c2ccc3ncc(I)cc3c2)c(-c2cccc(C)n2)[nH]1. The van der Waals surface area contributed by atoms with Crippen molar-refractivity contribution in [3.63, 3.8) is 0 Å². The van der Waals surface area contributed by atoms with E-state index < -0.39 is 0 Å². The first-order valence-electron chi connectivity index (χ1n) is 8.36. The summed E-state index contributed by atoms with van der Waals surface area (Å²) in [5.41, 5.74) is 5.45. The van der Waals surface area contributed by atoms with Crippen LogP contribution in [0.15, 0.2) is 48.7 Å². The van der Waals surface area contributed by atoms with E-state index >= 15 is 0 Å². The number of halogens is 1. The van der Waals surface area contributed by atoms with Crippen molar-refractivity contribution < 1.29 is 4.74 Å². The lowest BCUT2D eigenvalue weighted by atomic mass is 10.1. The minimum Gasteiger partial charge on any atom is -0.465 e. The van der Waals surface area contributed by atoms with E-state index in [9.17, 15) is 0 Å². The van der Waals surface area contributed by atoms with Crippen LogP contribution < -0.4 is 4.74 Å². The molecule has 0 saturated heterocycles. The molecule has 0 unspecified atom stereocenters. The average molecular weight is 456 g/mol. The molecule has 3 aromatic heterocycles. The first-order chi connectivity index (χ1) is 12.6. The summed E-state index contributed by atoms with van der Waals surface area (Å²) in [6.07, 6.45) is 1.87. The van der Waals surface area contributed by atoms with E-state index in [1.54, 1.807) is 0 Å². The molecule has 4 aromatic rings. The molecular formula is C20H17IN4O. The normalized spacial score (nSPS) is 11.0. The molecule has 6 heteroatoms. The molecular weight excluding hydrogens is 439 g/mol. The number of imidazole rings is 1. The summed E-state index contributed by atoms with van der Waals surface area (Å²) in [4.78, 5) is 17.0. The Bertz CT molecular complexity index is 1090. The molecule has 130 valence electrons. The summed E-state index contributed by atoms with van der Waals surface area (Å²) in [5.74, 6) is 0. The maximum absolute atomic E-state index is 5.60. The van der Waals surface area contributed by atoms with E-state index in [1.807, 2.05) is 50.4 Å². The Morgan fingerprint density at radius 1 is 1.12 bits per heavy atom. The van der Waals surface area contributed by atoms with E-state index in [0.717, 1.165) is 42.8 Å². The second kappa shape index (κ2) is 7.03. The maximum atomic E-state index is 5.60. The van der Waals surface area contributed by atoms with Gasteiger partial charge in [0.15, 0.2) is 0 Å². The summed E-state index contributed by atoms with van der Waals surface area (Å²) >= 11 is 2.27. The number of nitrogens with zero attached hydrogens (tertiary/aromatic N) is 3. The van der Waals surface area contributed by atoms with Gasteiger partial charge >= 0.3 is 0 Å². The van der Waals surface area contributed by atoms with Crippen molar-refractivity contribution in [1.82, 2.24) is 19.9 Å². The highest BCUT2D eigenvalue weighted by Gasteiger charge is 2.16. The fourth-order valence-electron chi connectivity index (χ4n) is 2.89. The number of hydrogen-bond acceptors (Lipinski definition) is 4. The minimum atomic E-state index is 0.502. The molecule has 5 nitrogen and oxygen atoms in total. The molecule has 0 amide bonds. The van der Waals surface area contributed by atoms with Crippen molar-refractivity contribution >= 4 is 33.5 Å². The largest absolute Gasteiger partial charge is 0.465 e. The standard InChI is InChI=1S/C20H17IN4O/c1-3-26-20-24-18(19(25-20)17-6-4-5-12(2)23-17)13-7-8-16-14(9-13)10-15(21)11-22-16/h4-11H,3H2,1-2H3,(H,24,25). The summed E-state index contributed by atoms with van der Waals surface area (Å²) in [6, 6.07) is 14.7. The van der Waals surface area contributed by atoms with Crippen LogP contribution in [-0.2, 0) is 0 Å². The Labute approximate surface area is 165 Å². The van der Waals surface area contributed by atoms with Gasteiger partial charge in [-0.25, -0.2) is 0 Å². The zero-order chi connectivity index (χ0) is 18.1. The molecule has 1 aromatic carbocycles. The Kier molecular flexibility index (Phi) is 4.58. The monoisotopic (exact) mass is 456 g/mol. The zero-order valence-electron chi connectivity index (χ0n) is 14.5. The van der Waals surface area contributed by atoms with E-state index in [2.05, 4.69) is 54.7 Å². The van der Waals surface area contributed by atoms with Gasteiger partial charge in [0.1, 0.15) is 5.69 Å². The number of hydrogen-bond donors (Lipinski definition) is 1. The van der Waals surface area contributed by atoms with Crippen LogP contribution in [0.2, 0.25) is 0 Å². The number of H-pyrrole nitrogens is 1. The summed E-state index contributed by atoms with van der Waals surface area (Å²) in [5, 5.41) is 1.08. The molecule has 0 saturated carbocycles. The number of pyridine rings is 2. The number of nitrogens with one attached hydrogen (secondary N) is 1. The third-order valence-corrected chi connectivity index (χ3v) is 4.62. The lowest BCUT2D eigenvalue weighted by Gasteiger charge is -2.05. The van der Waals surface area contributed by atoms with Crippen LogP contribution in [0, 0.1) is 10.5 Å². The van der Waals surface area contributed by atoms with Crippen molar-refractivity contribution in [2.45, 2.75) is 13.8 Å². The first-order valence-corrected chi connectivity index (χ1v) is 9.44. The predicted octanol–water partition coefficient (Wildman–Crippen LogP) is 5.00. The molecule has 1 N–H and O–H groups in total. The minimum absolute atomic E-state index is 0.502. The fraction of sp³-hybridized carbons (Fsp3) is 0.150. The number of aromatic nitrogens is 4. The van der Waals surface area contributed by atoms with Crippen LogP contribution in [-0.4, -0.2) is 26.5 Å². The second-order valence-electron chi connectivity index (χ2n) is 5.92. The van der Waals surface area contributed by atoms with Crippen LogP contribution in [0.1, 0.15) is 12.6 Å². The van der Waals surface area contributed by atoms with Crippen molar-refractivity contribution in [2.75, 3.05) is 6.61 Å². The summed E-state index contributed by atoms with van der Waals surface area (Å²) in [6.45, 7) is 4.47. The predicted molar refractivity (Wildman–Crippen MR) is 111 cm³/mol. The molecule has 0 aliphatic heterocycles. The molecule has 0 aliphatic rings. The van der Waals surface area contributed by atoms with Crippen LogP contribution >= 0.6 is 22.6 Å². The van der Waals surface area contributed by atoms with Gasteiger partial charge in [0, 0.05) is 26.4 Å². The Morgan fingerprint density at radius 2 is 2.00 bits per heavy atom. The highest BCUT2D eigenvalue weighted by molar-refractivity contribution is 14.1. The molecule has 26 heavy (non-hydrogen) atoms. The Hall–Kier alpha value is -2.48. The zero-order valence-corrected chi connectivity index (χ0v) is 16.6. The van der Waals surface area contributed by atoms with E-state index in [0.29, 0.717) is 12.6 Å². The number of fused-ring (bicyclic) bond motifs is 1. The van der Waals surface area contributed by atoms with Gasteiger partial charge in [-0.05, 0) is 66.8 Å². The van der Waals surface area contributed by atoms with Gasteiger partial charge in [0.25, 0.3) is 6.01 Å². The highest BCUT2D eigenvalue weighted by atomic mass is 127. The van der Waals surface area contributed by atoms with Crippen LogP contribution in [0.4, 0.5) is 0 Å². The quantitative estimate of drug-likeness (QED) is 0.439. The summed E-state index contributed by atoms with van der Waals surface area (Å²) in [7, 11) is 0. The van der Waals surface area contributed by atoms with Gasteiger partial charge in [-0.2, -0.15) is 4.98 Å². The molecule has 3 heterocycles. The van der Waals surface area contributed by atoms with Gasteiger partial charge in [-0.15, -0.1) is 0 Å². The van der Waals surface area contributed by atoms with E-state index in [4.69, 9.17) is 4.74 Å². The third kappa shape index (κ3) is 3.29. The molecule has 0 aliphatic carbocycles. The Balaban J connectivity index is 1.89. The first kappa shape index (κ1) is 17.0. The topological polar surface area (TPSA) is 63.7 Å². The van der Waals surface area contributed by atoms with Gasteiger partial charge < -0.3 is 9.72 Å². The number of ether oxygens (including phenoxy) is 1. The molecule has 0 fully saturated rings.